The third-order valence-corrected chi connectivity index (χ3v) is 7.36. The van der Waals surface area contributed by atoms with Gasteiger partial charge >= 0.3 is 6.03 Å². The number of aryl methyl sites for hydroxylation is 1. The van der Waals surface area contributed by atoms with Gasteiger partial charge in [-0.3, -0.25) is 14.6 Å². The maximum absolute atomic E-state index is 13.7. The number of amides is 3. The number of imide groups is 1. The number of carbonyl (C=O) groups excluding carboxylic acids is 2. The van der Waals surface area contributed by atoms with Crippen LogP contribution in [0.3, 0.4) is 0 Å². The Morgan fingerprint density at radius 1 is 1.06 bits per heavy atom. The molecule has 2 aromatic carbocycles. The van der Waals surface area contributed by atoms with Gasteiger partial charge in [0.2, 0.25) is 0 Å². The molecule has 3 amide bonds. The fraction of sp³-hybridized carbons (Fsp3) is 0.393. The average molecular weight is 470 g/mol. The van der Waals surface area contributed by atoms with Crippen LogP contribution in [0.5, 0.6) is 0 Å². The zero-order valence-corrected chi connectivity index (χ0v) is 20.1. The van der Waals surface area contributed by atoms with E-state index in [0.29, 0.717) is 6.42 Å². The lowest BCUT2D eigenvalue weighted by atomic mass is 9.74. The standard InChI is InChI=1S/C28H31N5O2/c1-2-3-17-33-26(34)28(31-27(33)35,16-13-21-9-5-4-6-10-21)22-14-18-32(19-15-22)20-25-29-23-11-7-8-12-24(23)30-25/h4-12,22H,13-20H2,1H3,(H,29,30)(H,31,35)/t28-/m1/s1. The molecule has 0 bridgehead atoms. The number of nitrogens with one attached hydrogen (secondary N) is 2. The second-order valence-corrected chi connectivity index (χ2v) is 9.46. The molecule has 3 aromatic rings. The largest absolute Gasteiger partial charge is 0.341 e. The van der Waals surface area contributed by atoms with Crippen molar-refractivity contribution in [1.82, 2.24) is 25.1 Å². The molecule has 180 valence electrons. The summed E-state index contributed by atoms with van der Waals surface area (Å²) in [6.07, 6.45) is 3.01. The molecule has 35 heavy (non-hydrogen) atoms. The number of carbonyl (C=O) groups is 2. The van der Waals surface area contributed by atoms with E-state index in [0.717, 1.165) is 55.8 Å². The fourth-order valence-electron chi connectivity index (χ4n) is 5.46. The van der Waals surface area contributed by atoms with Crippen LogP contribution in [-0.2, 0) is 17.8 Å². The molecule has 0 spiro atoms. The lowest BCUT2D eigenvalue weighted by Crippen LogP contribution is -2.56. The maximum Gasteiger partial charge on any atom is 0.325 e. The van der Waals surface area contributed by atoms with Crippen molar-refractivity contribution in [3.05, 3.63) is 66.0 Å². The van der Waals surface area contributed by atoms with Gasteiger partial charge in [0.1, 0.15) is 11.4 Å². The van der Waals surface area contributed by atoms with E-state index in [-0.39, 0.29) is 24.4 Å². The number of urea groups is 1. The number of aromatic nitrogens is 2. The molecule has 2 aliphatic heterocycles. The number of hydrogen-bond donors (Lipinski definition) is 2. The third-order valence-electron chi connectivity index (χ3n) is 7.36. The van der Waals surface area contributed by atoms with Crippen LogP contribution in [0.1, 0.15) is 37.6 Å². The predicted octanol–water partition coefficient (Wildman–Crippen LogP) is 3.72. The van der Waals surface area contributed by atoms with Crippen molar-refractivity contribution in [3.63, 3.8) is 0 Å². The van der Waals surface area contributed by atoms with Crippen molar-refractivity contribution < 1.29 is 9.59 Å². The minimum absolute atomic E-state index is 0.0779. The summed E-state index contributed by atoms with van der Waals surface area (Å²) < 4.78 is 0. The van der Waals surface area contributed by atoms with E-state index in [2.05, 4.69) is 39.2 Å². The molecule has 0 aliphatic carbocycles. The molecule has 1 atom stereocenters. The van der Waals surface area contributed by atoms with Gasteiger partial charge in [0, 0.05) is 0 Å². The zero-order chi connectivity index (χ0) is 24.3. The number of fused-ring (bicyclic) bond motifs is 1. The van der Waals surface area contributed by atoms with E-state index in [4.69, 9.17) is 4.98 Å². The zero-order valence-electron chi connectivity index (χ0n) is 20.1. The summed E-state index contributed by atoms with van der Waals surface area (Å²) in [4.78, 5) is 38.3. The summed E-state index contributed by atoms with van der Waals surface area (Å²) in [5.41, 5.74) is 2.31. The first-order valence-electron chi connectivity index (χ1n) is 12.3. The molecule has 2 aliphatic rings. The Labute approximate surface area is 205 Å². The summed E-state index contributed by atoms with van der Waals surface area (Å²) in [5, 5.41) is 3.13. The molecule has 3 heterocycles. The van der Waals surface area contributed by atoms with Gasteiger partial charge in [0.05, 0.1) is 24.1 Å². The first kappa shape index (κ1) is 23.1. The number of H-pyrrole nitrogens is 1. The monoisotopic (exact) mass is 469 g/mol. The van der Waals surface area contributed by atoms with Gasteiger partial charge in [-0.1, -0.05) is 48.4 Å². The highest BCUT2D eigenvalue weighted by Gasteiger charge is 2.55. The Hall–Kier alpha value is -3.63. The van der Waals surface area contributed by atoms with Gasteiger partial charge in [-0.05, 0) is 69.3 Å². The molecule has 0 saturated carbocycles. The maximum atomic E-state index is 13.7. The molecule has 7 heteroatoms. The second-order valence-electron chi connectivity index (χ2n) is 9.46. The van der Waals surface area contributed by atoms with E-state index in [1.807, 2.05) is 42.5 Å². The number of para-hydroxylation sites is 2. The van der Waals surface area contributed by atoms with E-state index in [1.165, 1.54) is 10.5 Å². The van der Waals surface area contributed by atoms with E-state index >= 15 is 0 Å². The summed E-state index contributed by atoms with van der Waals surface area (Å²) in [6.45, 7) is 4.31. The van der Waals surface area contributed by atoms with Crippen molar-refractivity contribution in [1.29, 1.82) is 0 Å². The number of imidazole rings is 1. The van der Waals surface area contributed by atoms with Crippen LogP contribution in [0.2, 0.25) is 0 Å². The molecular weight excluding hydrogens is 438 g/mol. The molecular formula is C28H31N5O2. The first-order chi connectivity index (χ1) is 17.1. The quantitative estimate of drug-likeness (QED) is 0.408. The summed E-state index contributed by atoms with van der Waals surface area (Å²) in [6, 6.07) is 17.9. The summed E-state index contributed by atoms with van der Waals surface area (Å²) in [5.74, 6) is 6.59. The van der Waals surface area contributed by atoms with Crippen LogP contribution < -0.4 is 5.32 Å². The first-order valence-corrected chi connectivity index (χ1v) is 12.3. The van der Waals surface area contributed by atoms with Crippen LogP contribution in [0.4, 0.5) is 4.79 Å². The Morgan fingerprint density at radius 3 is 2.54 bits per heavy atom. The Bertz CT molecular complexity index is 1230. The lowest BCUT2D eigenvalue weighted by Gasteiger charge is -2.40. The van der Waals surface area contributed by atoms with Gasteiger partial charge in [0.15, 0.2) is 0 Å². The minimum Gasteiger partial charge on any atom is -0.341 e. The van der Waals surface area contributed by atoms with Crippen LogP contribution in [0, 0.1) is 17.8 Å². The number of aromatic amines is 1. The van der Waals surface area contributed by atoms with Gasteiger partial charge in [0.25, 0.3) is 5.91 Å². The highest BCUT2D eigenvalue weighted by Crippen LogP contribution is 2.37. The van der Waals surface area contributed by atoms with Crippen molar-refractivity contribution in [3.8, 4) is 11.8 Å². The second kappa shape index (κ2) is 9.93. The molecule has 0 unspecified atom stereocenters. The van der Waals surface area contributed by atoms with Gasteiger partial charge in [-0.15, -0.1) is 5.92 Å². The predicted molar refractivity (Wildman–Crippen MR) is 135 cm³/mol. The fourth-order valence-corrected chi connectivity index (χ4v) is 5.46. The Kier molecular flexibility index (Phi) is 6.56. The summed E-state index contributed by atoms with van der Waals surface area (Å²) >= 11 is 0. The average Bonchev–Trinajstić information content (AvgIpc) is 3.40. The van der Waals surface area contributed by atoms with Gasteiger partial charge in [-0.2, -0.15) is 0 Å². The van der Waals surface area contributed by atoms with Crippen LogP contribution in [-0.4, -0.2) is 56.9 Å². The lowest BCUT2D eigenvalue weighted by molar-refractivity contribution is -0.134. The Morgan fingerprint density at radius 2 is 1.80 bits per heavy atom. The number of piperidine rings is 1. The number of rotatable bonds is 7. The number of benzene rings is 2. The van der Waals surface area contributed by atoms with Crippen LogP contribution in [0.25, 0.3) is 11.0 Å². The molecule has 0 radical (unpaired) electrons. The number of nitrogens with zero attached hydrogens (tertiary/aromatic N) is 3. The van der Waals surface area contributed by atoms with Gasteiger partial charge in [-0.25, -0.2) is 9.78 Å². The minimum atomic E-state index is -0.881. The van der Waals surface area contributed by atoms with Crippen LogP contribution in [0.15, 0.2) is 54.6 Å². The van der Waals surface area contributed by atoms with Crippen molar-refractivity contribution >= 4 is 23.0 Å². The van der Waals surface area contributed by atoms with Gasteiger partial charge < -0.3 is 10.3 Å². The Balaban J connectivity index is 1.31. The molecule has 2 saturated heterocycles. The topological polar surface area (TPSA) is 81.3 Å². The van der Waals surface area contributed by atoms with E-state index < -0.39 is 5.54 Å². The van der Waals surface area contributed by atoms with Crippen molar-refractivity contribution in [2.75, 3.05) is 19.6 Å². The highest BCUT2D eigenvalue weighted by atomic mass is 16.2. The normalized spacial score (nSPS) is 21.2. The molecule has 7 nitrogen and oxygen atoms in total. The molecule has 1 aromatic heterocycles. The highest BCUT2D eigenvalue weighted by molar-refractivity contribution is 6.07. The van der Waals surface area contributed by atoms with E-state index in [9.17, 15) is 9.59 Å². The van der Waals surface area contributed by atoms with Crippen molar-refractivity contribution in [2.45, 2.75) is 44.7 Å². The third kappa shape index (κ3) is 4.67. The van der Waals surface area contributed by atoms with E-state index in [1.54, 1.807) is 6.92 Å². The van der Waals surface area contributed by atoms with Crippen molar-refractivity contribution in [2.24, 2.45) is 5.92 Å². The smallest absolute Gasteiger partial charge is 0.325 e. The number of likely N-dealkylation sites (tertiary alicyclic amines) is 1. The summed E-state index contributed by atoms with van der Waals surface area (Å²) in [7, 11) is 0. The molecule has 2 fully saturated rings. The number of hydrogen-bond acceptors (Lipinski definition) is 4. The molecule has 2 N–H and O–H groups in total. The van der Waals surface area contributed by atoms with Crippen LogP contribution >= 0.6 is 0 Å². The molecule has 5 rings (SSSR count). The SMILES string of the molecule is CC#CCN1C(=O)N[C@](CCc2ccccc2)(C2CCN(Cc3nc4ccccc4[nH]3)CC2)C1=O.